The van der Waals surface area contributed by atoms with E-state index in [1.54, 1.807) is 18.9 Å². The van der Waals surface area contributed by atoms with Gasteiger partial charge in [0.25, 0.3) is 0 Å². The van der Waals surface area contributed by atoms with Crippen molar-refractivity contribution in [1.29, 1.82) is 0 Å². The van der Waals surface area contributed by atoms with Crippen LogP contribution < -0.4 is 4.74 Å². The molecule has 5 nitrogen and oxygen atoms in total. The SMILES string of the molecule is COC=C(C(=O)O)c1ccccc1CSC(=Nc1ccc(OC)cc1)C1CC1. The van der Waals surface area contributed by atoms with Crippen molar-refractivity contribution in [3.8, 4) is 5.75 Å². The molecular formula is C22H23NO4S. The molecule has 146 valence electrons. The lowest BCUT2D eigenvalue weighted by molar-refractivity contribution is -0.130. The van der Waals surface area contributed by atoms with Gasteiger partial charge >= 0.3 is 5.97 Å². The van der Waals surface area contributed by atoms with E-state index in [-0.39, 0.29) is 5.57 Å². The van der Waals surface area contributed by atoms with Gasteiger partial charge in [-0.3, -0.25) is 0 Å². The van der Waals surface area contributed by atoms with Crippen LogP contribution >= 0.6 is 11.8 Å². The minimum Gasteiger partial charge on any atom is -0.503 e. The molecule has 3 rings (SSSR count). The largest absolute Gasteiger partial charge is 0.503 e. The van der Waals surface area contributed by atoms with Crippen LogP contribution in [0.3, 0.4) is 0 Å². The van der Waals surface area contributed by atoms with Crippen molar-refractivity contribution in [1.82, 2.24) is 0 Å². The zero-order valence-electron chi connectivity index (χ0n) is 15.9. The quantitative estimate of drug-likeness (QED) is 0.289. The molecule has 0 heterocycles. The van der Waals surface area contributed by atoms with Crippen molar-refractivity contribution in [2.45, 2.75) is 18.6 Å². The Bertz CT molecular complexity index is 886. The van der Waals surface area contributed by atoms with E-state index in [0.717, 1.165) is 34.9 Å². The van der Waals surface area contributed by atoms with Gasteiger partial charge in [0.1, 0.15) is 11.3 Å². The fourth-order valence-corrected chi connectivity index (χ4v) is 3.96. The second-order valence-electron chi connectivity index (χ2n) is 6.44. The van der Waals surface area contributed by atoms with Gasteiger partial charge in [0.05, 0.1) is 31.2 Å². The summed E-state index contributed by atoms with van der Waals surface area (Å²) in [6, 6.07) is 15.2. The van der Waals surface area contributed by atoms with E-state index in [0.29, 0.717) is 17.2 Å². The summed E-state index contributed by atoms with van der Waals surface area (Å²) in [5.74, 6) is 0.941. The number of carboxylic acid groups (broad SMARTS) is 1. The van der Waals surface area contributed by atoms with Crippen LogP contribution in [0.2, 0.25) is 0 Å². The molecule has 2 aromatic rings. The Morgan fingerprint density at radius 1 is 1.18 bits per heavy atom. The van der Waals surface area contributed by atoms with Crippen molar-refractivity contribution in [3.63, 3.8) is 0 Å². The van der Waals surface area contributed by atoms with Gasteiger partial charge in [-0.25, -0.2) is 9.79 Å². The van der Waals surface area contributed by atoms with Crippen LogP contribution in [0.1, 0.15) is 24.0 Å². The monoisotopic (exact) mass is 397 g/mol. The average molecular weight is 397 g/mol. The molecule has 1 aliphatic rings. The lowest BCUT2D eigenvalue weighted by atomic mass is 10.0. The molecule has 28 heavy (non-hydrogen) atoms. The highest BCUT2D eigenvalue weighted by Crippen LogP contribution is 2.38. The number of carboxylic acids is 1. The van der Waals surface area contributed by atoms with Crippen molar-refractivity contribution >= 4 is 34.0 Å². The van der Waals surface area contributed by atoms with Gasteiger partial charge in [-0.2, -0.15) is 0 Å². The van der Waals surface area contributed by atoms with Crippen molar-refractivity contribution in [2.75, 3.05) is 14.2 Å². The maximum absolute atomic E-state index is 11.6. The zero-order chi connectivity index (χ0) is 19.9. The number of benzene rings is 2. The first kappa shape index (κ1) is 20.0. The molecule has 1 saturated carbocycles. The predicted molar refractivity (Wildman–Crippen MR) is 113 cm³/mol. The fraction of sp³-hybridized carbons (Fsp3) is 0.273. The number of hydrogen-bond acceptors (Lipinski definition) is 5. The van der Waals surface area contributed by atoms with Crippen molar-refractivity contribution < 1.29 is 19.4 Å². The van der Waals surface area contributed by atoms with E-state index in [1.165, 1.54) is 13.4 Å². The molecule has 1 aliphatic carbocycles. The Kier molecular flexibility index (Phi) is 6.76. The van der Waals surface area contributed by atoms with E-state index >= 15 is 0 Å². The average Bonchev–Trinajstić information content (AvgIpc) is 3.55. The number of aliphatic imine (C=N–C) groups is 1. The highest BCUT2D eigenvalue weighted by molar-refractivity contribution is 8.13. The smallest absolute Gasteiger partial charge is 0.339 e. The second-order valence-corrected chi connectivity index (χ2v) is 7.44. The van der Waals surface area contributed by atoms with Crippen LogP contribution in [0.4, 0.5) is 5.69 Å². The number of nitrogens with zero attached hydrogens (tertiary/aromatic N) is 1. The molecule has 0 spiro atoms. The van der Waals surface area contributed by atoms with E-state index in [2.05, 4.69) is 0 Å². The molecule has 0 aromatic heterocycles. The molecule has 0 radical (unpaired) electrons. The number of thioether (sulfide) groups is 1. The van der Waals surface area contributed by atoms with Crippen LogP contribution in [-0.2, 0) is 15.3 Å². The standard InChI is InChI=1S/C22H23NO4S/c1-26-13-20(22(24)25)19-6-4-3-5-16(19)14-28-21(15-7-8-15)23-17-9-11-18(27-2)12-10-17/h3-6,9-13,15H,7-8,14H2,1-2H3,(H,24,25). The summed E-state index contributed by atoms with van der Waals surface area (Å²) >= 11 is 1.67. The van der Waals surface area contributed by atoms with Crippen LogP contribution in [0.25, 0.3) is 5.57 Å². The van der Waals surface area contributed by atoms with Gasteiger partial charge in [0, 0.05) is 11.7 Å². The first-order valence-electron chi connectivity index (χ1n) is 9.02. The Morgan fingerprint density at radius 2 is 1.89 bits per heavy atom. The number of hydrogen-bond donors (Lipinski definition) is 1. The molecule has 6 heteroatoms. The highest BCUT2D eigenvalue weighted by atomic mass is 32.2. The Morgan fingerprint density at radius 3 is 2.50 bits per heavy atom. The summed E-state index contributed by atoms with van der Waals surface area (Å²) in [4.78, 5) is 16.4. The topological polar surface area (TPSA) is 68.1 Å². The van der Waals surface area contributed by atoms with Gasteiger partial charge in [0.15, 0.2) is 0 Å². The van der Waals surface area contributed by atoms with Gasteiger partial charge in [0.2, 0.25) is 0 Å². The van der Waals surface area contributed by atoms with Gasteiger partial charge in [-0.1, -0.05) is 24.3 Å². The molecule has 2 aromatic carbocycles. The number of aliphatic carboxylic acids is 1. The minimum atomic E-state index is -1.01. The maximum Gasteiger partial charge on any atom is 0.339 e. The summed E-state index contributed by atoms with van der Waals surface area (Å²) < 4.78 is 10.2. The summed E-state index contributed by atoms with van der Waals surface area (Å²) in [6.07, 6.45) is 3.57. The van der Waals surface area contributed by atoms with Crippen LogP contribution in [-0.4, -0.2) is 30.3 Å². The van der Waals surface area contributed by atoms with E-state index in [4.69, 9.17) is 14.5 Å². The highest BCUT2D eigenvalue weighted by Gasteiger charge is 2.28. The van der Waals surface area contributed by atoms with E-state index in [1.807, 2.05) is 48.5 Å². The molecule has 1 N–H and O–H groups in total. The molecule has 1 fully saturated rings. The van der Waals surface area contributed by atoms with E-state index in [9.17, 15) is 9.90 Å². The molecule has 0 aliphatic heterocycles. The molecular weight excluding hydrogens is 374 g/mol. The number of carbonyl (C=O) groups is 1. The second kappa shape index (κ2) is 9.46. The summed E-state index contributed by atoms with van der Waals surface area (Å²) in [5, 5.41) is 10.6. The van der Waals surface area contributed by atoms with Crippen molar-refractivity contribution in [2.24, 2.45) is 10.9 Å². The maximum atomic E-state index is 11.6. The number of ether oxygens (including phenoxy) is 2. The molecule has 0 unspecified atom stereocenters. The first-order chi connectivity index (χ1) is 13.6. The van der Waals surface area contributed by atoms with Gasteiger partial charge in [-0.05, 0) is 48.2 Å². The number of methoxy groups -OCH3 is 2. The Labute approximate surface area is 169 Å². The Hall–Kier alpha value is -2.73. The molecule has 0 bridgehead atoms. The van der Waals surface area contributed by atoms with Gasteiger partial charge < -0.3 is 14.6 Å². The molecule has 0 saturated heterocycles. The Balaban J connectivity index is 1.80. The van der Waals surface area contributed by atoms with Crippen LogP contribution in [0.15, 0.2) is 59.8 Å². The summed E-state index contributed by atoms with van der Waals surface area (Å²) in [7, 11) is 3.09. The lowest BCUT2D eigenvalue weighted by Gasteiger charge is -2.11. The van der Waals surface area contributed by atoms with Crippen LogP contribution in [0.5, 0.6) is 5.75 Å². The van der Waals surface area contributed by atoms with Gasteiger partial charge in [-0.15, -0.1) is 11.8 Å². The summed E-state index contributed by atoms with van der Waals surface area (Å²) in [5.41, 5.74) is 2.66. The third kappa shape index (κ3) is 5.16. The predicted octanol–water partition coefficient (Wildman–Crippen LogP) is 5.14. The van der Waals surface area contributed by atoms with Crippen LogP contribution in [0, 0.1) is 5.92 Å². The van der Waals surface area contributed by atoms with E-state index < -0.39 is 5.97 Å². The summed E-state index contributed by atoms with van der Waals surface area (Å²) in [6.45, 7) is 0. The molecule has 0 atom stereocenters. The molecule has 0 amide bonds. The number of rotatable bonds is 8. The third-order valence-electron chi connectivity index (χ3n) is 4.39. The minimum absolute atomic E-state index is 0.152. The normalized spacial score (nSPS) is 14.6. The lowest BCUT2D eigenvalue weighted by Crippen LogP contribution is -2.04. The zero-order valence-corrected chi connectivity index (χ0v) is 16.7. The van der Waals surface area contributed by atoms with Crippen molar-refractivity contribution in [3.05, 3.63) is 65.9 Å². The fourth-order valence-electron chi connectivity index (χ4n) is 2.76. The first-order valence-corrected chi connectivity index (χ1v) is 10.0. The third-order valence-corrected chi connectivity index (χ3v) is 5.56.